The smallest absolute Gasteiger partial charge is 0.423 e. The third-order valence-electron chi connectivity index (χ3n) is 4.49. The van der Waals surface area contributed by atoms with Crippen molar-refractivity contribution < 1.29 is 47.5 Å². The summed E-state index contributed by atoms with van der Waals surface area (Å²) in [6.07, 6.45) is -10.9. The van der Waals surface area contributed by atoms with Crippen LogP contribution in [0.15, 0.2) is 17.0 Å². The molecule has 13 heteroatoms. The lowest BCUT2D eigenvalue weighted by Crippen LogP contribution is -2.52. The van der Waals surface area contributed by atoms with Crippen molar-refractivity contribution in [3.63, 3.8) is 0 Å². The molecule has 0 saturated carbocycles. The van der Waals surface area contributed by atoms with Crippen LogP contribution >= 0.6 is 0 Å². The average Bonchev–Trinajstić information content (AvgIpc) is 2.56. The van der Waals surface area contributed by atoms with Crippen LogP contribution in [-0.2, 0) is 24.4 Å². The molecule has 0 aliphatic heterocycles. The second-order valence-electron chi connectivity index (χ2n) is 7.98. The highest BCUT2D eigenvalue weighted by molar-refractivity contribution is 7.87. The van der Waals surface area contributed by atoms with E-state index in [4.69, 9.17) is 0 Å². The Morgan fingerprint density at radius 3 is 1.45 bits per heavy atom. The number of rotatable bonds is 8. The number of alkyl halides is 5. The van der Waals surface area contributed by atoms with E-state index >= 15 is 0 Å². The van der Waals surface area contributed by atoms with Crippen LogP contribution in [0, 0.1) is 0 Å². The fourth-order valence-corrected chi connectivity index (χ4v) is 5.04. The van der Waals surface area contributed by atoms with Crippen LogP contribution in [0.3, 0.4) is 0 Å². The second kappa shape index (κ2) is 8.91. The molecule has 0 aliphatic rings. The highest BCUT2D eigenvalue weighted by atomic mass is 32.2. The van der Waals surface area contributed by atoms with E-state index in [-0.39, 0.29) is 17.0 Å². The summed E-state index contributed by atoms with van der Waals surface area (Å²) in [6.45, 7) is 9.77. The first kappa shape index (κ1) is 27.7. The van der Waals surface area contributed by atoms with Crippen molar-refractivity contribution in [1.29, 1.82) is 0 Å². The van der Waals surface area contributed by atoms with Gasteiger partial charge in [-0.05, 0) is 34.4 Å². The monoisotopic (exact) mass is 495 g/mol. The zero-order valence-corrected chi connectivity index (χ0v) is 19.3. The van der Waals surface area contributed by atoms with Crippen molar-refractivity contribution in [1.82, 2.24) is 0 Å². The Morgan fingerprint density at radius 1 is 0.806 bits per heavy atom. The fraction of sp³-hybridized carbons (Fsp3) is 0.667. The van der Waals surface area contributed by atoms with E-state index in [9.17, 15) is 43.3 Å². The van der Waals surface area contributed by atoms with Gasteiger partial charge >= 0.3 is 11.4 Å². The van der Waals surface area contributed by atoms with Crippen molar-refractivity contribution in [2.24, 2.45) is 0 Å². The third-order valence-corrected chi connectivity index (χ3v) is 6.79. The predicted octanol–water partition coefficient (Wildman–Crippen LogP) is 4.83. The zero-order chi connectivity index (χ0) is 24.7. The van der Waals surface area contributed by atoms with E-state index in [1.54, 1.807) is 41.5 Å². The molecule has 31 heavy (non-hydrogen) atoms. The zero-order valence-electron chi connectivity index (χ0n) is 17.6. The summed E-state index contributed by atoms with van der Waals surface area (Å²) in [5, 5.41) is -6.08. The molecule has 1 aromatic rings. The van der Waals surface area contributed by atoms with E-state index in [2.05, 4.69) is 4.18 Å². The Balaban J connectivity index is 3.88. The summed E-state index contributed by atoms with van der Waals surface area (Å²) < 4.78 is 129. The molecular weight excluding hydrogens is 471 g/mol. The Bertz CT molecular complexity index is 983. The van der Waals surface area contributed by atoms with Crippen LogP contribution in [0.4, 0.5) is 22.0 Å². The molecule has 0 bridgehead atoms. The molecule has 1 rings (SSSR count). The van der Waals surface area contributed by atoms with Gasteiger partial charge in [-0.15, -0.1) is 0 Å². The van der Waals surface area contributed by atoms with Gasteiger partial charge in [0.25, 0.3) is 10.1 Å². The van der Waals surface area contributed by atoms with Crippen LogP contribution in [0.5, 0.6) is 0 Å². The lowest BCUT2D eigenvalue weighted by molar-refractivity contribution is -0.238. The molecule has 0 saturated heterocycles. The molecule has 0 N–H and O–H groups in total. The molecule has 180 valence electrons. The second-order valence-corrected chi connectivity index (χ2v) is 10.9. The van der Waals surface area contributed by atoms with E-state index < -0.39 is 54.5 Å². The SMILES string of the molecule is CC(C)c1cc(C(C)C)c(S(=O)(=O)OC(C(F)(F)F)C(F)(F)S(=O)(=O)[O-])c(C(C)C)c1. The third kappa shape index (κ3) is 5.93. The van der Waals surface area contributed by atoms with Gasteiger partial charge in [0.1, 0.15) is 4.90 Å². The highest BCUT2D eigenvalue weighted by Gasteiger charge is 2.63. The van der Waals surface area contributed by atoms with Crippen molar-refractivity contribution in [2.45, 2.75) is 81.7 Å². The summed E-state index contributed by atoms with van der Waals surface area (Å²) >= 11 is 0. The van der Waals surface area contributed by atoms with Gasteiger partial charge in [-0.25, -0.2) is 12.6 Å². The van der Waals surface area contributed by atoms with Crippen LogP contribution in [0.25, 0.3) is 0 Å². The molecule has 1 atom stereocenters. The maximum absolute atomic E-state index is 13.8. The molecule has 0 amide bonds. The number of hydrogen-bond acceptors (Lipinski definition) is 6. The van der Waals surface area contributed by atoms with Crippen molar-refractivity contribution >= 4 is 20.2 Å². The number of halogens is 5. The van der Waals surface area contributed by atoms with Gasteiger partial charge in [-0.3, -0.25) is 0 Å². The Labute approximate surface area is 178 Å². The first-order valence-corrected chi connectivity index (χ1v) is 12.0. The summed E-state index contributed by atoms with van der Waals surface area (Å²) in [5.41, 5.74) is 0.694. The van der Waals surface area contributed by atoms with E-state index in [1.165, 1.54) is 12.1 Å². The number of hydrogen-bond donors (Lipinski definition) is 0. The van der Waals surface area contributed by atoms with Gasteiger partial charge in [-0.1, -0.05) is 53.7 Å². The summed E-state index contributed by atoms with van der Waals surface area (Å²) in [6, 6.07) is 2.84. The van der Waals surface area contributed by atoms with Gasteiger partial charge in [0.15, 0.2) is 10.1 Å². The molecule has 0 fully saturated rings. The standard InChI is InChI=1S/C18H25F5O6S2/c1-9(2)12-7-13(10(3)4)15(14(8-12)11(5)6)30(24,25)29-16(17(19,20)21)18(22,23)31(26,27)28/h7-11,16H,1-6H3,(H,26,27,28)/p-1. The maximum Gasteiger partial charge on any atom is 0.423 e. The van der Waals surface area contributed by atoms with Crippen LogP contribution < -0.4 is 0 Å². The Kier molecular flexibility index (Phi) is 7.97. The lowest BCUT2D eigenvalue weighted by atomic mass is 9.89. The molecule has 1 unspecified atom stereocenters. The average molecular weight is 496 g/mol. The first-order valence-electron chi connectivity index (χ1n) is 9.15. The van der Waals surface area contributed by atoms with Gasteiger partial charge in [0, 0.05) is 0 Å². The molecule has 0 aromatic heterocycles. The van der Waals surface area contributed by atoms with Gasteiger partial charge in [0.2, 0.25) is 6.10 Å². The minimum atomic E-state index is -6.90. The van der Waals surface area contributed by atoms with Crippen molar-refractivity contribution in [3.05, 3.63) is 28.8 Å². The topological polar surface area (TPSA) is 101 Å². The van der Waals surface area contributed by atoms with Gasteiger partial charge < -0.3 is 4.55 Å². The minimum absolute atomic E-state index is 0.0177. The maximum atomic E-state index is 13.8. The lowest BCUT2D eigenvalue weighted by Gasteiger charge is -2.30. The summed E-state index contributed by atoms with van der Waals surface area (Å²) in [5.74, 6) is -1.24. The van der Waals surface area contributed by atoms with Crippen LogP contribution in [0.1, 0.15) is 76.0 Å². The fourth-order valence-electron chi connectivity index (χ4n) is 2.79. The largest absolute Gasteiger partial charge is 0.743 e. The molecule has 0 radical (unpaired) electrons. The molecule has 6 nitrogen and oxygen atoms in total. The summed E-state index contributed by atoms with van der Waals surface area (Å²) in [7, 11) is -12.5. The summed E-state index contributed by atoms with van der Waals surface area (Å²) in [4.78, 5) is -0.754. The molecular formula is C18H24F5O6S2-. The van der Waals surface area contributed by atoms with E-state index in [0.29, 0.717) is 5.56 Å². The predicted molar refractivity (Wildman–Crippen MR) is 101 cm³/mol. The van der Waals surface area contributed by atoms with E-state index in [1.807, 2.05) is 0 Å². The van der Waals surface area contributed by atoms with Crippen molar-refractivity contribution in [3.8, 4) is 0 Å². The normalized spacial score (nSPS) is 15.2. The minimum Gasteiger partial charge on any atom is -0.743 e. The van der Waals surface area contributed by atoms with Crippen molar-refractivity contribution in [2.75, 3.05) is 0 Å². The quantitative estimate of drug-likeness (QED) is 0.291. The number of benzene rings is 1. The molecule has 0 heterocycles. The van der Waals surface area contributed by atoms with Crippen LogP contribution in [0.2, 0.25) is 0 Å². The molecule has 0 spiro atoms. The van der Waals surface area contributed by atoms with Gasteiger partial charge in [-0.2, -0.15) is 30.4 Å². The Morgan fingerprint density at radius 2 is 1.19 bits per heavy atom. The van der Waals surface area contributed by atoms with Gasteiger partial charge in [0.05, 0.1) is 0 Å². The molecule has 1 aromatic carbocycles. The Hall–Kier alpha value is -1.31. The molecule has 0 aliphatic carbocycles. The first-order chi connectivity index (χ1) is 13.6. The van der Waals surface area contributed by atoms with Crippen LogP contribution in [-0.4, -0.2) is 38.9 Å². The van der Waals surface area contributed by atoms with E-state index in [0.717, 1.165) is 0 Å². The highest BCUT2D eigenvalue weighted by Crippen LogP contribution is 2.42.